The summed E-state index contributed by atoms with van der Waals surface area (Å²) < 4.78 is 0. The first-order valence-corrected chi connectivity index (χ1v) is 13.1. The number of aliphatic hydroxyl groups is 1. The minimum Gasteiger partial charge on any atom is -0.504 e. The van der Waals surface area contributed by atoms with Crippen molar-refractivity contribution in [3.8, 4) is 11.5 Å². The van der Waals surface area contributed by atoms with Crippen molar-refractivity contribution in [2.45, 2.75) is 43.7 Å². The fourth-order valence-electron chi connectivity index (χ4n) is 5.42. The molecule has 4 rings (SSSR count). The number of β-lactam (4-membered cyclic amide) rings is 1. The molecule has 4 N–H and O–H groups in total. The SMILES string of the molecule is C[C@@H](O)[C@H]1C(=O)N2C(C(=O)O)=C(S[C@H]3C[C@@H](C(=O)N(C)C)N(C(=O)/C=C/c4ccc(O)c(O)c4)C3)[C@H](C)[C@H]12. The van der Waals surface area contributed by atoms with Crippen LogP contribution in [0.1, 0.15) is 25.8 Å². The van der Waals surface area contributed by atoms with E-state index in [2.05, 4.69) is 0 Å². The number of benzene rings is 1. The van der Waals surface area contributed by atoms with Gasteiger partial charge in [0.25, 0.3) is 0 Å². The van der Waals surface area contributed by atoms with Crippen LogP contribution in [0.4, 0.5) is 0 Å². The Hall–Kier alpha value is -3.51. The third kappa shape index (κ3) is 4.73. The Morgan fingerprint density at radius 2 is 1.87 bits per heavy atom. The number of carboxylic acids is 1. The molecule has 3 heterocycles. The highest BCUT2D eigenvalue weighted by Crippen LogP contribution is 2.52. The van der Waals surface area contributed by atoms with Crippen LogP contribution in [-0.2, 0) is 19.2 Å². The summed E-state index contributed by atoms with van der Waals surface area (Å²) >= 11 is 1.27. The van der Waals surface area contributed by atoms with Crippen molar-refractivity contribution in [3.05, 3.63) is 40.4 Å². The molecule has 3 amide bonds. The molecule has 0 saturated carbocycles. The van der Waals surface area contributed by atoms with Gasteiger partial charge in [-0.1, -0.05) is 13.0 Å². The number of phenolic OH excluding ortho intramolecular Hbond substituents is 2. The molecule has 11 nitrogen and oxygen atoms in total. The summed E-state index contributed by atoms with van der Waals surface area (Å²) in [5.74, 6) is -3.95. The highest BCUT2D eigenvalue weighted by Gasteiger charge is 2.60. The van der Waals surface area contributed by atoms with Crippen molar-refractivity contribution in [1.82, 2.24) is 14.7 Å². The predicted octanol–water partition coefficient (Wildman–Crippen LogP) is 1.06. The number of carbonyl (C=O) groups excluding carboxylic acids is 3. The summed E-state index contributed by atoms with van der Waals surface area (Å²) in [6.07, 6.45) is 2.14. The molecule has 3 aliphatic rings. The molecule has 1 aromatic carbocycles. The fourth-order valence-corrected chi connectivity index (χ4v) is 6.95. The summed E-state index contributed by atoms with van der Waals surface area (Å²) in [7, 11) is 3.19. The smallest absolute Gasteiger partial charge is 0.353 e. The second-order valence-electron chi connectivity index (χ2n) is 10.1. The number of carbonyl (C=O) groups is 4. The average molecular weight is 546 g/mol. The molecule has 2 saturated heterocycles. The first-order valence-electron chi connectivity index (χ1n) is 12.2. The van der Waals surface area contributed by atoms with Gasteiger partial charge in [0.15, 0.2) is 11.5 Å². The Bertz CT molecular complexity index is 1240. The summed E-state index contributed by atoms with van der Waals surface area (Å²) in [4.78, 5) is 55.5. The number of thioether (sulfide) groups is 1. The second-order valence-corrected chi connectivity index (χ2v) is 11.4. The van der Waals surface area contributed by atoms with Gasteiger partial charge in [0.1, 0.15) is 11.7 Å². The Labute approximate surface area is 224 Å². The number of hydrogen-bond donors (Lipinski definition) is 4. The number of aliphatic carboxylic acids is 1. The predicted molar refractivity (Wildman–Crippen MR) is 139 cm³/mol. The first kappa shape index (κ1) is 27.5. The van der Waals surface area contributed by atoms with Crippen molar-refractivity contribution in [2.75, 3.05) is 20.6 Å². The van der Waals surface area contributed by atoms with E-state index in [4.69, 9.17) is 0 Å². The Kier molecular flexibility index (Phi) is 7.48. The lowest BCUT2D eigenvalue weighted by Gasteiger charge is -2.46. The van der Waals surface area contributed by atoms with Gasteiger partial charge in [-0.15, -0.1) is 11.8 Å². The maximum atomic E-state index is 13.2. The third-order valence-corrected chi connectivity index (χ3v) is 8.79. The topological polar surface area (TPSA) is 159 Å². The Morgan fingerprint density at radius 3 is 2.45 bits per heavy atom. The second kappa shape index (κ2) is 10.3. The summed E-state index contributed by atoms with van der Waals surface area (Å²) in [5.41, 5.74) is 0.383. The van der Waals surface area contributed by atoms with Gasteiger partial charge in [-0.25, -0.2) is 4.79 Å². The molecule has 12 heteroatoms. The van der Waals surface area contributed by atoms with Crippen LogP contribution in [0.25, 0.3) is 6.08 Å². The number of likely N-dealkylation sites (tertiary alicyclic amines) is 1. The molecule has 0 radical (unpaired) electrons. The van der Waals surface area contributed by atoms with Gasteiger partial charge in [0, 0.05) is 42.8 Å². The molecule has 2 fully saturated rings. The lowest BCUT2D eigenvalue weighted by molar-refractivity contribution is -0.163. The van der Waals surface area contributed by atoms with Crippen LogP contribution in [0, 0.1) is 11.8 Å². The molecule has 1 aromatic rings. The zero-order chi connectivity index (χ0) is 28.0. The van der Waals surface area contributed by atoms with Gasteiger partial charge in [-0.2, -0.15) is 0 Å². The molecular weight excluding hydrogens is 514 g/mol. The molecule has 38 heavy (non-hydrogen) atoms. The van der Waals surface area contributed by atoms with Crippen molar-refractivity contribution >= 4 is 41.5 Å². The maximum Gasteiger partial charge on any atom is 0.353 e. The number of aliphatic hydroxyl groups excluding tert-OH is 1. The number of fused-ring (bicyclic) bond motifs is 1. The summed E-state index contributed by atoms with van der Waals surface area (Å²) in [5, 5.41) is 38.9. The van der Waals surface area contributed by atoms with Crippen molar-refractivity contribution in [2.24, 2.45) is 11.8 Å². The van der Waals surface area contributed by atoms with Crippen LogP contribution >= 0.6 is 11.8 Å². The van der Waals surface area contributed by atoms with Crippen LogP contribution in [0.15, 0.2) is 34.9 Å². The van der Waals surface area contributed by atoms with Gasteiger partial charge in [0.2, 0.25) is 17.7 Å². The molecule has 0 aromatic heterocycles. The van der Waals surface area contributed by atoms with Gasteiger partial charge in [-0.3, -0.25) is 14.4 Å². The number of hydrogen-bond acceptors (Lipinski definition) is 8. The van der Waals surface area contributed by atoms with Crippen LogP contribution in [-0.4, -0.2) is 103 Å². The van der Waals surface area contributed by atoms with E-state index in [-0.39, 0.29) is 40.8 Å². The number of carboxylic acid groups (broad SMARTS) is 1. The summed E-state index contributed by atoms with van der Waals surface area (Å²) in [6, 6.07) is 2.92. The highest BCUT2D eigenvalue weighted by atomic mass is 32.2. The van der Waals surface area contributed by atoms with Crippen LogP contribution < -0.4 is 0 Å². The number of phenols is 2. The lowest BCUT2D eigenvalue weighted by Crippen LogP contribution is -2.63. The zero-order valence-electron chi connectivity index (χ0n) is 21.4. The van der Waals surface area contributed by atoms with Gasteiger partial charge < -0.3 is 35.1 Å². The third-order valence-electron chi connectivity index (χ3n) is 7.29. The van der Waals surface area contributed by atoms with E-state index in [1.54, 1.807) is 14.1 Å². The van der Waals surface area contributed by atoms with E-state index in [0.29, 0.717) is 16.9 Å². The lowest BCUT2D eigenvalue weighted by atomic mass is 9.79. The largest absolute Gasteiger partial charge is 0.504 e. The van der Waals surface area contributed by atoms with Gasteiger partial charge in [-0.05, 0) is 37.1 Å². The molecule has 6 atom stereocenters. The van der Waals surface area contributed by atoms with Crippen LogP contribution in [0.3, 0.4) is 0 Å². The highest BCUT2D eigenvalue weighted by molar-refractivity contribution is 8.03. The molecule has 204 valence electrons. The first-order chi connectivity index (χ1) is 17.8. The summed E-state index contributed by atoms with van der Waals surface area (Å²) in [6.45, 7) is 3.53. The fraction of sp³-hybridized carbons (Fsp3) is 0.462. The number of aromatic hydroxyl groups is 2. The zero-order valence-corrected chi connectivity index (χ0v) is 22.3. The van der Waals surface area contributed by atoms with E-state index >= 15 is 0 Å². The monoisotopic (exact) mass is 545 g/mol. The molecule has 0 unspecified atom stereocenters. The molecule has 0 spiro atoms. The van der Waals surface area contributed by atoms with Gasteiger partial charge in [0.05, 0.1) is 18.1 Å². The standard InChI is InChI=1S/C26H31N3O8S/c1-12-21-20(13(2)30)25(35)29(21)22(26(36)37)23(12)38-15-10-16(24(34)27(3)4)28(11-15)19(33)8-6-14-5-7-17(31)18(32)9-14/h5-9,12-13,15-16,20-21,30-32H,10-11H2,1-4H3,(H,36,37)/b8-6+/t12-,13-,15+,16+,20-,21-/m1/s1. The molecular formula is C26H31N3O8S. The number of likely N-dealkylation sites (N-methyl/N-ethyl adjacent to an activating group) is 1. The Balaban J connectivity index is 1.57. The molecule has 0 bridgehead atoms. The van der Waals surface area contributed by atoms with E-state index in [1.807, 2.05) is 6.92 Å². The van der Waals surface area contributed by atoms with E-state index < -0.39 is 41.9 Å². The normalized spacial score (nSPS) is 27.5. The van der Waals surface area contributed by atoms with E-state index in [0.717, 1.165) is 0 Å². The molecule has 3 aliphatic heterocycles. The van der Waals surface area contributed by atoms with Gasteiger partial charge >= 0.3 is 5.97 Å². The van der Waals surface area contributed by atoms with Crippen LogP contribution in [0.5, 0.6) is 11.5 Å². The van der Waals surface area contributed by atoms with Crippen molar-refractivity contribution in [3.63, 3.8) is 0 Å². The number of nitrogens with zero attached hydrogens (tertiary/aromatic N) is 3. The van der Waals surface area contributed by atoms with E-state index in [1.165, 1.54) is 63.7 Å². The minimum absolute atomic E-state index is 0.0957. The Morgan fingerprint density at radius 1 is 1.18 bits per heavy atom. The van der Waals surface area contributed by atoms with E-state index in [9.17, 15) is 39.6 Å². The maximum absolute atomic E-state index is 13.2. The van der Waals surface area contributed by atoms with Crippen LogP contribution in [0.2, 0.25) is 0 Å². The molecule has 0 aliphatic carbocycles. The quantitative estimate of drug-likeness (QED) is 0.223. The number of rotatable bonds is 7. The average Bonchev–Trinajstić information content (AvgIpc) is 3.36. The van der Waals surface area contributed by atoms with Crippen molar-refractivity contribution in [1.29, 1.82) is 0 Å². The minimum atomic E-state index is -1.23. The number of amides is 3. The van der Waals surface area contributed by atoms with Crippen molar-refractivity contribution < 1.29 is 39.6 Å².